The minimum absolute atomic E-state index is 0.124. The van der Waals surface area contributed by atoms with Gasteiger partial charge in [0.05, 0.1) is 19.8 Å². The zero-order valence-corrected chi connectivity index (χ0v) is 22.6. The highest BCUT2D eigenvalue weighted by molar-refractivity contribution is 5.88. The summed E-state index contributed by atoms with van der Waals surface area (Å²) in [5, 5.41) is 1.19. The van der Waals surface area contributed by atoms with Gasteiger partial charge >= 0.3 is 0 Å². The molecular formula is C31H41N3O3. The molecule has 0 bridgehead atoms. The van der Waals surface area contributed by atoms with Crippen LogP contribution >= 0.6 is 0 Å². The number of rotatable bonds is 10. The number of carbonyl (C=O) groups is 1. The van der Waals surface area contributed by atoms with Gasteiger partial charge in [-0.05, 0) is 80.7 Å². The van der Waals surface area contributed by atoms with Crippen LogP contribution in [-0.2, 0) is 11.2 Å². The van der Waals surface area contributed by atoms with E-state index in [0.717, 1.165) is 60.6 Å². The Labute approximate surface area is 220 Å². The molecule has 1 saturated carbocycles. The number of fused-ring (bicyclic) bond motifs is 3. The summed E-state index contributed by atoms with van der Waals surface area (Å²) in [5.74, 6) is 2.71. The minimum atomic E-state index is -0.124. The van der Waals surface area contributed by atoms with Gasteiger partial charge in [0.2, 0.25) is 5.91 Å². The van der Waals surface area contributed by atoms with Gasteiger partial charge in [-0.2, -0.15) is 0 Å². The molecule has 0 spiro atoms. The second kappa shape index (κ2) is 11.6. The number of ether oxygens (including phenoxy) is 2. The Kier molecular flexibility index (Phi) is 8.04. The molecule has 1 aliphatic carbocycles. The molecule has 2 aliphatic rings. The van der Waals surface area contributed by atoms with Crippen molar-refractivity contribution in [3.8, 4) is 11.5 Å². The number of nitrogens with zero attached hydrogens (tertiary/aromatic N) is 2. The molecule has 2 aromatic carbocycles. The van der Waals surface area contributed by atoms with Crippen molar-refractivity contribution >= 4 is 16.8 Å². The highest BCUT2D eigenvalue weighted by Gasteiger charge is 2.34. The van der Waals surface area contributed by atoms with Crippen molar-refractivity contribution in [1.29, 1.82) is 0 Å². The normalized spacial score (nSPS) is 17.9. The number of hydrogen-bond acceptors (Lipinski definition) is 4. The van der Waals surface area contributed by atoms with Gasteiger partial charge in [0.1, 0.15) is 11.5 Å². The molecule has 1 amide bonds. The number of carbonyl (C=O) groups excluding carboxylic acids is 1. The first-order valence-electron chi connectivity index (χ1n) is 13.9. The topological polar surface area (TPSA) is 57.8 Å². The lowest BCUT2D eigenvalue weighted by molar-refractivity contribution is -0.133. The molecule has 1 aliphatic heterocycles. The number of hydrogen-bond donors (Lipinski definition) is 1. The third-order valence-electron chi connectivity index (χ3n) is 8.11. The minimum Gasteiger partial charge on any atom is -0.497 e. The number of aromatic amines is 1. The van der Waals surface area contributed by atoms with E-state index < -0.39 is 0 Å². The van der Waals surface area contributed by atoms with Gasteiger partial charge in [0.25, 0.3) is 0 Å². The molecule has 3 aromatic rings. The van der Waals surface area contributed by atoms with Crippen LogP contribution in [0.15, 0.2) is 42.5 Å². The van der Waals surface area contributed by atoms with Crippen LogP contribution in [0.2, 0.25) is 0 Å². The summed E-state index contributed by atoms with van der Waals surface area (Å²) in [4.78, 5) is 21.6. The molecule has 5 rings (SSSR count). The highest BCUT2D eigenvalue weighted by atomic mass is 16.5. The van der Waals surface area contributed by atoms with Crippen molar-refractivity contribution in [3.63, 3.8) is 0 Å². The zero-order valence-electron chi connectivity index (χ0n) is 22.6. The van der Waals surface area contributed by atoms with Gasteiger partial charge in [0.15, 0.2) is 0 Å². The maximum atomic E-state index is 13.6. The Hall–Kier alpha value is -2.99. The van der Waals surface area contributed by atoms with E-state index in [9.17, 15) is 4.79 Å². The third-order valence-corrected chi connectivity index (χ3v) is 8.11. The van der Waals surface area contributed by atoms with Crippen LogP contribution in [0.5, 0.6) is 11.5 Å². The van der Waals surface area contributed by atoms with Crippen molar-refractivity contribution in [2.24, 2.45) is 5.92 Å². The lowest BCUT2D eigenvalue weighted by Crippen LogP contribution is -2.40. The van der Waals surface area contributed by atoms with Crippen LogP contribution in [0, 0.1) is 5.92 Å². The molecule has 0 unspecified atom stereocenters. The van der Waals surface area contributed by atoms with E-state index in [2.05, 4.69) is 53.1 Å². The summed E-state index contributed by atoms with van der Waals surface area (Å²) >= 11 is 0. The molecule has 198 valence electrons. The second-order valence-electron chi connectivity index (χ2n) is 10.9. The first kappa shape index (κ1) is 25.7. The van der Waals surface area contributed by atoms with E-state index in [0.29, 0.717) is 18.9 Å². The summed E-state index contributed by atoms with van der Waals surface area (Å²) < 4.78 is 11.5. The van der Waals surface area contributed by atoms with E-state index >= 15 is 0 Å². The Morgan fingerprint density at radius 2 is 1.84 bits per heavy atom. The summed E-state index contributed by atoms with van der Waals surface area (Å²) in [7, 11) is 5.86. The summed E-state index contributed by atoms with van der Waals surface area (Å²) in [6.07, 6.45) is 8.68. The van der Waals surface area contributed by atoms with E-state index in [1.54, 1.807) is 7.11 Å². The quantitative estimate of drug-likeness (QED) is 0.347. The van der Waals surface area contributed by atoms with Crippen molar-refractivity contribution < 1.29 is 14.3 Å². The van der Waals surface area contributed by atoms with Crippen molar-refractivity contribution in [3.05, 3.63) is 59.3 Å². The maximum absolute atomic E-state index is 13.6. The largest absolute Gasteiger partial charge is 0.497 e. The Morgan fingerprint density at radius 3 is 2.57 bits per heavy atom. The molecule has 1 fully saturated rings. The third kappa shape index (κ3) is 5.80. The standard InChI is InChI=1S/C31H41N3O3/c1-33(2)18-6-20-37-24-12-10-23(11-13-24)31-30-26(27-21-25(36-3)14-15-28(27)32-30)17-19-34(31)29(35)16-9-22-7-4-5-8-22/h10-15,21-22,31-32H,4-9,16-20H2,1-3H3/t31-/m1/s1. The number of H-pyrrole nitrogens is 1. The van der Waals surface area contributed by atoms with Gasteiger partial charge in [-0.3, -0.25) is 4.79 Å². The SMILES string of the molecule is COc1ccc2[nH]c3c(c2c1)CCN(C(=O)CCC1CCCC1)[C@@H]3c1ccc(OCCCN(C)C)cc1. The predicted octanol–water partition coefficient (Wildman–Crippen LogP) is 5.95. The van der Waals surface area contributed by atoms with E-state index in [1.807, 2.05) is 18.2 Å². The van der Waals surface area contributed by atoms with Crippen LogP contribution in [0.3, 0.4) is 0 Å². The summed E-state index contributed by atoms with van der Waals surface area (Å²) in [6.45, 7) is 2.43. The fraction of sp³-hybridized carbons (Fsp3) is 0.516. The van der Waals surface area contributed by atoms with Crippen LogP contribution in [0.4, 0.5) is 0 Å². The van der Waals surface area contributed by atoms with Crippen molar-refractivity contribution in [2.45, 2.75) is 57.4 Å². The Morgan fingerprint density at radius 1 is 1.08 bits per heavy atom. The smallest absolute Gasteiger partial charge is 0.223 e. The molecular weight excluding hydrogens is 462 g/mol. The van der Waals surface area contributed by atoms with Gasteiger partial charge in [-0.15, -0.1) is 0 Å². The lowest BCUT2D eigenvalue weighted by Gasteiger charge is -2.36. The highest BCUT2D eigenvalue weighted by Crippen LogP contribution is 2.40. The first-order chi connectivity index (χ1) is 18.0. The zero-order chi connectivity index (χ0) is 25.8. The molecule has 37 heavy (non-hydrogen) atoms. The molecule has 2 heterocycles. The van der Waals surface area contributed by atoms with Gasteiger partial charge in [0, 0.05) is 36.1 Å². The van der Waals surface area contributed by atoms with E-state index in [4.69, 9.17) is 9.47 Å². The molecule has 1 N–H and O–H groups in total. The van der Waals surface area contributed by atoms with E-state index in [1.165, 1.54) is 36.6 Å². The number of amides is 1. The van der Waals surface area contributed by atoms with Crippen LogP contribution < -0.4 is 9.47 Å². The van der Waals surface area contributed by atoms with Gasteiger partial charge < -0.3 is 24.3 Å². The monoisotopic (exact) mass is 503 g/mol. The van der Waals surface area contributed by atoms with Crippen molar-refractivity contribution in [2.75, 3.05) is 40.9 Å². The average molecular weight is 504 g/mol. The molecule has 6 heteroatoms. The summed E-state index contributed by atoms with van der Waals surface area (Å²) in [5.41, 5.74) is 4.64. The number of nitrogens with one attached hydrogen (secondary N) is 1. The molecule has 1 aromatic heterocycles. The molecule has 0 saturated heterocycles. The number of benzene rings is 2. The predicted molar refractivity (Wildman–Crippen MR) is 148 cm³/mol. The fourth-order valence-electron chi connectivity index (χ4n) is 6.10. The summed E-state index contributed by atoms with van der Waals surface area (Å²) in [6, 6.07) is 14.4. The molecule has 1 atom stereocenters. The van der Waals surface area contributed by atoms with Crippen LogP contribution in [-0.4, -0.2) is 61.6 Å². The Bertz CT molecular complexity index is 1190. The maximum Gasteiger partial charge on any atom is 0.223 e. The second-order valence-corrected chi connectivity index (χ2v) is 10.9. The average Bonchev–Trinajstić information content (AvgIpc) is 3.57. The number of aromatic nitrogens is 1. The fourth-order valence-corrected chi connectivity index (χ4v) is 6.10. The lowest BCUT2D eigenvalue weighted by atomic mass is 9.91. The Balaban J connectivity index is 1.41. The van der Waals surface area contributed by atoms with E-state index in [-0.39, 0.29) is 11.9 Å². The molecule has 6 nitrogen and oxygen atoms in total. The number of methoxy groups -OCH3 is 1. The van der Waals surface area contributed by atoms with Gasteiger partial charge in [-0.25, -0.2) is 0 Å². The van der Waals surface area contributed by atoms with Crippen LogP contribution in [0.25, 0.3) is 10.9 Å². The van der Waals surface area contributed by atoms with Crippen LogP contribution in [0.1, 0.15) is 67.8 Å². The molecule has 0 radical (unpaired) electrons. The first-order valence-corrected chi connectivity index (χ1v) is 13.9. The van der Waals surface area contributed by atoms with Crippen molar-refractivity contribution in [1.82, 2.24) is 14.8 Å². The van der Waals surface area contributed by atoms with Gasteiger partial charge in [-0.1, -0.05) is 37.8 Å².